The molecule has 1 saturated heterocycles. The average Bonchev–Trinajstić information content (AvgIpc) is 2.83. The summed E-state index contributed by atoms with van der Waals surface area (Å²) < 4.78 is 12.5. The molecule has 1 aliphatic heterocycles. The number of carbonyl (C=O) groups is 3. The number of amides is 4. The number of rotatable bonds is 7. The zero-order valence-corrected chi connectivity index (χ0v) is 20.8. The minimum absolute atomic E-state index is 0.160. The predicted octanol–water partition coefficient (Wildman–Crippen LogP) is 5.40. The fraction of sp³-hybridized carbons (Fsp3) is 0.148. The lowest BCUT2D eigenvalue weighted by atomic mass is 10.1. The van der Waals surface area contributed by atoms with E-state index in [1.807, 2.05) is 37.3 Å². The second kappa shape index (κ2) is 10.6. The van der Waals surface area contributed by atoms with Crippen LogP contribution in [-0.4, -0.2) is 24.5 Å². The van der Waals surface area contributed by atoms with E-state index < -0.39 is 17.8 Å². The summed E-state index contributed by atoms with van der Waals surface area (Å²) in [6.45, 7) is 4.41. The third kappa shape index (κ3) is 5.44. The van der Waals surface area contributed by atoms with Crippen LogP contribution in [0.5, 0.6) is 11.5 Å². The van der Waals surface area contributed by atoms with E-state index in [4.69, 9.17) is 9.47 Å². The molecule has 0 aromatic heterocycles. The summed E-state index contributed by atoms with van der Waals surface area (Å²) in [6, 6.07) is 19.3. The summed E-state index contributed by atoms with van der Waals surface area (Å²) in [4.78, 5) is 39.3. The van der Waals surface area contributed by atoms with E-state index in [2.05, 4.69) is 21.2 Å². The van der Waals surface area contributed by atoms with Gasteiger partial charge >= 0.3 is 6.03 Å². The lowest BCUT2D eigenvalue weighted by Gasteiger charge is -2.27. The Morgan fingerprint density at radius 1 is 0.943 bits per heavy atom. The van der Waals surface area contributed by atoms with Crippen molar-refractivity contribution < 1.29 is 23.9 Å². The number of anilines is 1. The fourth-order valence-electron chi connectivity index (χ4n) is 3.65. The lowest BCUT2D eigenvalue weighted by Crippen LogP contribution is -2.54. The summed E-state index contributed by atoms with van der Waals surface area (Å²) >= 11 is 3.37. The number of aryl methyl sites for hydroxylation is 1. The summed E-state index contributed by atoms with van der Waals surface area (Å²) in [5.41, 5.74) is 2.51. The van der Waals surface area contributed by atoms with Crippen LogP contribution in [-0.2, 0) is 16.2 Å². The van der Waals surface area contributed by atoms with Gasteiger partial charge in [0.25, 0.3) is 11.8 Å². The minimum Gasteiger partial charge on any atom is -0.490 e. The molecule has 4 rings (SSSR count). The number of hydrogen-bond acceptors (Lipinski definition) is 5. The maximum absolute atomic E-state index is 13.2. The van der Waals surface area contributed by atoms with E-state index in [0.29, 0.717) is 41.5 Å². The van der Waals surface area contributed by atoms with Crippen LogP contribution in [0.2, 0.25) is 0 Å². The molecule has 178 valence electrons. The highest BCUT2D eigenvalue weighted by molar-refractivity contribution is 9.10. The first-order valence-corrected chi connectivity index (χ1v) is 11.8. The number of ether oxygens (including phenoxy) is 2. The molecular weight excluding hydrogens is 512 g/mol. The molecule has 0 saturated carbocycles. The predicted molar refractivity (Wildman–Crippen MR) is 136 cm³/mol. The minimum atomic E-state index is -0.790. The molecule has 7 nitrogen and oxygen atoms in total. The van der Waals surface area contributed by atoms with E-state index in [9.17, 15) is 14.4 Å². The van der Waals surface area contributed by atoms with Gasteiger partial charge in [-0.05, 0) is 66.9 Å². The van der Waals surface area contributed by atoms with Crippen LogP contribution in [0.4, 0.5) is 10.5 Å². The van der Waals surface area contributed by atoms with E-state index in [1.165, 1.54) is 6.08 Å². The van der Waals surface area contributed by atoms with Crippen molar-refractivity contribution in [3.63, 3.8) is 0 Å². The van der Waals surface area contributed by atoms with Gasteiger partial charge in [-0.15, -0.1) is 0 Å². The first kappa shape index (κ1) is 24.2. The molecule has 0 unspecified atom stereocenters. The van der Waals surface area contributed by atoms with Gasteiger partial charge in [0.1, 0.15) is 12.2 Å². The standard InChI is InChI=1S/C27H23BrN2O5/c1-3-34-24-15-19(9-12-23(24)35-16-18-7-5-4-6-8-18)14-21-25(31)29-27(33)30(26(21)32)22-11-10-20(28)13-17(22)2/h4-15H,3,16H2,1-2H3,(H,29,31,33)/b21-14-. The van der Waals surface area contributed by atoms with Crippen molar-refractivity contribution in [1.29, 1.82) is 0 Å². The monoisotopic (exact) mass is 534 g/mol. The summed E-state index contributed by atoms with van der Waals surface area (Å²) in [5.74, 6) is -0.433. The van der Waals surface area contributed by atoms with Gasteiger partial charge in [0.15, 0.2) is 11.5 Å². The van der Waals surface area contributed by atoms with Crippen LogP contribution in [0.3, 0.4) is 0 Å². The topological polar surface area (TPSA) is 84.9 Å². The number of hydrogen-bond donors (Lipinski definition) is 1. The highest BCUT2D eigenvalue weighted by Gasteiger charge is 2.37. The number of barbiturate groups is 1. The third-order valence-electron chi connectivity index (χ3n) is 5.32. The molecule has 0 spiro atoms. The van der Waals surface area contributed by atoms with Crippen molar-refractivity contribution in [3.8, 4) is 11.5 Å². The number of imide groups is 2. The molecule has 1 aliphatic rings. The molecule has 1 fully saturated rings. The number of halogens is 1. The Kier molecular flexibility index (Phi) is 7.31. The smallest absolute Gasteiger partial charge is 0.335 e. The number of carbonyl (C=O) groups excluding carboxylic acids is 3. The Hall–Kier alpha value is -3.91. The summed E-state index contributed by atoms with van der Waals surface area (Å²) in [7, 11) is 0. The summed E-state index contributed by atoms with van der Waals surface area (Å²) in [5, 5.41) is 2.25. The molecule has 3 aromatic carbocycles. The molecular formula is C27H23BrN2O5. The van der Waals surface area contributed by atoms with Gasteiger partial charge in [0.05, 0.1) is 12.3 Å². The highest BCUT2D eigenvalue weighted by atomic mass is 79.9. The highest BCUT2D eigenvalue weighted by Crippen LogP contribution is 2.31. The van der Waals surface area contributed by atoms with Crippen molar-refractivity contribution in [3.05, 3.63) is 93.5 Å². The average molecular weight is 535 g/mol. The van der Waals surface area contributed by atoms with Gasteiger partial charge in [0, 0.05) is 4.47 Å². The third-order valence-corrected chi connectivity index (χ3v) is 5.81. The second-order valence-corrected chi connectivity index (χ2v) is 8.72. The first-order valence-electron chi connectivity index (χ1n) is 11.0. The Balaban J connectivity index is 1.63. The SMILES string of the molecule is CCOc1cc(/C=C2/C(=O)NC(=O)N(c3ccc(Br)cc3C)C2=O)ccc1OCc1ccccc1. The van der Waals surface area contributed by atoms with Crippen LogP contribution >= 0.6 is 15.9 Å². The fourth-order valence-corrected chi connectivity index (χ4v) is 4.13. The normalized spacial score (nSPS) is 14.8. The molecule has 3 aromatic rings. The van der Waals surface area contributed by atoms with Gasteiger partial charge in [-0.1, -0.05) is 52.3 Å². The Bertz CT molecular complexity index is 1320. The summed E-state index contributed by atoms with van der Waals surface area (Å²) in [6.07, 6.45) is 1.44. The lowest BCUT2D eigenvalue weighted by molar-refractivity contribution is -0.122. The Morgan fingerprint density at radius 2 is 1.71 bits per heavy atom. The molecule has 8 heteroatoms. The van der Waals surface area contributed by atoms with Crippen LogP contribution in [0, 0.1) is 6.92 Å². The largest absolute Gasteiger partial charge is 0.490 e. The van der Waals surface area contributed by atoms with Crippen LogP contribution in [0.15, 0.2) is 76.8 Å². The molecule has 1 heterocycles. The molecule has 1 N–H and O–H groups in total. The van der Waals surface area contributed by atoms with Gasteiger partial charge in [0.2, 0.25) is 0 Å². The van der Waals surface area contributed by atoms with Crippen molar-refractivity contribution in [2.45, 2.75) is 20.5 Å². The van der Waals surface area contributed by atoms with E-state index in [1.54, 1.807) is 43.3 Å². The molecule has 4 amide bonds. The Labute approximate surface area is 211 Å². The van der Waals surface area contributed by atoms with Crippen LogP contribution < -0.4 is 19.7 Å². The number of nitrogens with zero attached hydrogens (tertiary/aromatic N) is 1. The van der Waals surface area contributed by atoms with Gasteiger partial charge < -0.3 is 9.47 Å². The van der Waals surface area contributed by atoms with Gasteiger partial charge in [-0.3, -0.25) is 14.9 Å². The van der Waals surface area contributed by atoms with Crippen molar-refractivity contribution in [2.75, 3.05) is 11.5 Å². The number of nitrogens with one attached hydrogen (secondary N) is 1. The zero-order chi connectivity index (χ0) is 24.9. The van der Waals surface area contributed by atoms with Crippen molar-refractivity contribution in [1.82, 2.24) is 5.32 Å². The van der Waals surface area contributed by atoms with Crippen LogP contribution in [0.1, 0.15) is 23.6 Å². The van der Waals surface area contributed by atoms with Gasteiger partial charge in [-0.25, -0.2) is 9.69 Å². The second-order valence-electron chi connectivity index (χ2n) is 7.80. The first-order chi connectivity index (χ1) is 16.9. The zero-order valence-electron chi connectivity index (χ0n) is 19.2. The number of urea groups is 1. The van der Waals surface area contributed by atoms with E-state index >= 15 is 0 Å². The molecule has 0 radical (unpaired) electrons. The molecule has 0 bridgehead atoms. The van der Waals surface area contributed by atoms with Crippen molar-refractivity contribution >= 4 is 45.5 Å². The molecule has 0 atom stereocenters. The van der Waals surface area contributed by atoms with Crippen molar-refractivity contribution in [2.24, 2.45) is 0 Å². The Morgan fingerprint density at radius 3 is 2.43 bits per heavy atom. The molecule has 35 heavy (non-hydrogen) atoms. The van der Waals surface area contributed by atoms with E-state index in [-0.39, 0.29) is 5.57 Å². The van der Waals surface area contributed by atoms with Crippen LogP contribution in [0.25, 0.3) is 6.08 Å². The number of benzene rings is 3. The maximum atomic E-state index is 13.2. The maximum Gasteiger partial charge on any atom is 0.335 e. The molecule has 0 aliphatic carbocycles. The van der Waals surface area contributed by atoms with E-state index in [0.717, 1.165) is 14.9 Å². The quantitative estimate of drug-likeness (QED) is 0.324. The van der Waals surface area contributed by atoms with Gasteiger partial charge in [-0.2, -0.15) is 0 Å².